The van der Waals surface area contributed by atoms with Crippen molar-refractivity contribution >= 4 is 11.6 Å². The van der Waals surface area contributed by atoms with Gasteiger partial charge >= 0.3 is 0 Å². The number of nitrogens with zero attached hydrogens (tertiary/aromatic N) is 3. The van der Waals surface area contributed by atoms with Gasteiger partial charge in [-0.25, -0.2) is 0 Å². The molecule has 0 aliphatic carbocycles. The number of aliphatic hydroxyl groups is 1. The third-order valence-electron chi connectivity index (χ3n) is 2.92. The van der Waals surface area contributed by atoms with Crippen LogP contribution >= 0.6 is 0 Å². The third kappa shape index (κ3) is 1.65. The second-order valence-corrected chi connectivity index (χ2v) is 4.16. The van der Waals surface area contributed by atoms with Crippen LogP contribution < -0.4 is 5.73 Å². The number of carbonyl (C=O) groups is 1. The van der Waals surface area contributed by atoms with Gasteiger partial charge in [0.05, 0.1) is 17.5 Å². The van der Waals surface area contributed by atoms with E-state index in [2.05, 4.69) is 5.10 Å². The summed E-state index contributed by atoms with van der Waals surface area (Å²) in [5.41, 5.74) is 7.31. The molecule has 2 rings (SSSR count). The number of aromatic nitrogens is 2. The fourth-order valence-corrected chi connectivity index (χ4v) is 2.00. The van der Waals surface area contributed by atoms with Gasteiger partial charge in [0.2, 0.25) is 0 Å². The van der Waals surface area contributed by atoms with E-state index >= 15 is 0 Å². The first-order chi connectivity index (χ1) is 7.50. The smallest absolute Gasteiger partial charge is 0.274 e. The number of nitrogens with two attached hydrogens (primary N) is 1. The van der Waals surface area contributed by atoms with Gasteiger partial charge in [0.15, 0.2) is 0 Å². The summed E-state index contributed by atoms with van der Waals surface area (Å²) in [6.07, 6.45) is 0.210. The summed E-state index contributed by atoms with van der Waals surface area (Å²) in [5, 5.41) is 13.5. The van der Waals surface area contributed by atoms with E-state index in [1.807, 2.05) is 0 Å². The number of nitrogen functional groups attached to an aromatic ring is 1. The van der Waals surface area contributed by atoms with Crippen LogP contribution in [0, 0.1) is 6.92 Å². The molecule has 6 heteroatoms. The molecule has 0 saturated carbocycles. The van der Waals surface area contributed by atoms with Gasteiger partial charge in [0.25, 0.3) is 5.91 Å². The highest BCUT2D eigenvalue weighted by Crippen LogP contribution is 2.20. The number of amides is 1. The number of aryl methyl sites for hydroxylation is 2. The van der Waals surface area contributed by atoms with E-state index in [1.165, 1.54) is 4.68 Å². The van der Waals surface area contributed by atoms with Crippen LogP contribution in [0.15, 0.2) is 0 Å². The molecule has 16 heavy (non-hydrogen) atoms. The lowest BCUT2D eigenvalue weighted by molar-refractivity contribution is 0.0755. The topological polar surface area (TPSA) is 84.4 Å². The lowest BCUT2D eigenvalue weighted by atomic mass is 10.3. The van der Waals surface area contributed by atoms with Crippen molar-refractivity contribution in [3.8, 4) is 0 Å². The van der Waals surface area contributed by atoms with Crippen LogP contribution in [0.2, 0.25) is 0 Å². The molecular weight excluding hydrogens is 208 g/mol. The Morgan fingerprint density at radius 2 is 2.31 bits per heavy atom. The quantitative estimate of drug-likeness (QED) is 0.674. The van der Waals surface area contributed by atoms with Gasteiger partial charge in [0.1, 0.15) is 5.69 Å². The number of carbonyl (C=O) groups excluding carboxylic acids is 1. The van der Waals surface area contributed by atoms with E-state index in [1.54, 1.807) is 18.9 Å². The first-order valence-corrected chi connectivity index (χ1v) is 5.27. The van der Waals surface area contributed by atoms with Crippen molar-refractivity contribution in [2.24, 2.45) is 7.05 Å². The summed E-state index contributed by atoms with van der Waals surface area (Å²) in [6, 6.07) is 0. The lowest BCUT2D eigenvalue weighted by Crippen LogP contribution is -2.31. The normalized spacial score (nSPS) is 20.4. The van der Waals surface area contributed by atoms with Crippen molar-refractivity contribution in [3.63, 3.8) is 0 Å². The average molecular weight is 224 g/mol. The Morgan fingerprint density at radius 3 is 2.75 bits per heavy atom. The van der Waals surface area contributed by atoms with Crippen LogP contribution in [0.1, 0.15) is 22.6 Å². The zero-order chi connectivity index (χ0) is 11.9. The van der Waals surface area contributed by atoms with Crippen LogP contribution in [-0.4, -0.2) is 44.9 Å². The molecular formula is C10H16N4O2. The first-order valence-electron chi connectivity index (χ1n) is 5.27. The Balaban J connectivity index is 2.27. The minimum absolute atomic E-state index is 0.155. The molecule has 0 bridgehead atoms. The second kappa shape index (κ2) is 3.79. The Hall–Kier alpha value is -1.56. The van der Waals surface area contributed by atoms with Gasteiger partial charge in [-0.05, 0) is 13.3 Å². The predicted molar refractivity (Wildman–Crippen MR) is 58.9 cm³/mol. The minimum Gasteiger partial charge on any atom is -0.395 e. The molecule has 1 aromatic heterocycles. The molecule has 6 nitrogen and oxygen atoms in total. The van der Waals surface area contributed by atoms with Crippen LogP contribution in [-0.2, 0) is 7.05 Å². The maximum atomic E-state index is 12.1. The van der Waals surface area contributed by atoms with Gasteiger partial charge in [-0.3, -0.25) is 9.48 Å². The van der Waals surface area contributed by atoms with Gasteiger partial charge in [-0.15, -0.1) is 0 Å². The fraction of sp³-hybridized carbons (Fsp3) is 0.600. The highest BCUT2D eigenvalue weighted by molar-refractivity contribution is 5.98. The van der Waals surface area contributed by atoms with Crippen molar-refractivity contribution in [1.82, 2.24) is 14.7 Å². The summed E-state index contributed by atoms with van der Waals surface area (Å²) in [4.78, 5) is 13.7. The molecule has 1 fully saturated rings. The third-order valence-corrected chi connectivity index (χ3v) is 2.92. The first kappa shape index (κ1) is 10.9. The molecule has 88 valence electrons. The minimum atomic E-state index is -0.417. The molecule has 0 radical (unpaired) electrons. The standard InChI is InChI=1S/C10H16N4O2/c1-6-8(11)9(13(2)12-6)10(16)14-4-3-7(15)5-14/h7,15H,3-5,11H2,1-2H3. The zero-order valence-corrected chi connectivity index (χ0v) is 9.47. The zero-order valence-electron chi connectivity index (χ0n) is 9.47. The van der Waals surface area contributed by atoms with Crippen LogP contribution in [0.25, 0.3) is 0 Å². The van der Waals surface area contributed by atoms with E-state index in [9.17, 15) is 9.90 Å². The Labute approximate surface area is 93.6 Å². The SMILES string of the molecule is Cc1nn(C)c(C(=O)N2CCC(O)C2)c1N. The molecule has 1 aromatic rings. The van der Waals surface area contributed by atoms with E-state index < -0.39 is 6.10 Å². The molecule has 1 aliphatic heterocycles. The highest BCUT2D eigenvalue weighted by atomic mass is 16.3. The van der Waals surface area contributed by atoms with Gasteiger partial charge in [0, 0.05) is 20.1 Å². The highest BCUT2D eigenvalue weighted by Gasteiger charge is 2.29. The van der Waals surface area contributed by atoms with Crippen LogP contribution in [0.5, 0.6) is 0 Å². The van der Waals surface area contributed by atoms with Crippen molar-refractivity contribution < 1.29 is 9.90 Å². The monoisotopic (exact) mass is 224 g/mol. The van der Waals surface area contributed by atoms with Crippen LogP contribution in [0.3, 0.4) is 0 Å². The summed E-state index contributed by atoms with van der Waals surface area (Å²) >= 11 is 0. The van der Waals surface area contributed by atoms with Crippen molar-refractivity contribution in [3.05, 3.63) is 11.4 Å². The fourth-order valence-electron chi connectivity index (χ4n) is 2.00. The van der Waals surface area contributed by atoms with Gasteiger partial charge in [-0.1, -0.05) is 0 Å². The van der Waals surface area contributed by atoms with Crippen molar-refractivity contribution in [2.45, 2.75) is 19.4 Å². The molecule has 3 N–H and O–H groups in total. The Kier molecular flexibility index (Phi) is 2.59. The summed E-state index contributed by atoms with van der Waals surface area (Å²) in [7, 11) is 1.70. The molecule has 1 amide bonds. The number of rotatable bonds is 1. The number of anilines is 1. The Bertz CT molecular complexity index is 427. The van der Waals surface area contributed by atoms with E-state index in [4.69, 9.17) is 5.73 Å². The molecule has 1 saturated heterocycles. The van der Waals surface area contributed by atoms with Gasteiger partial charge < -0.3 is 15.7 Å². The molecule has 1 aliphatic rings. The Morgan fingerprint density at radius 1 is 1.62 bits per heavy atom. The molecule has 0 spiro atoms. The molecule has 1 unspecified atom stereocenters. The van der Waals surface area contributed by atoms with Crippen molar-refractivity contribution in [1.29, 1.82) is 0 Å². The number of aliphatic hydroxyl groups excluding tert-OH is 1. The molecule has 0 aromatic carbocycles. The number of β-amino-alcohol motifs (C(OH)–C–C–N with tert-alkyl or cyclic N) is 1. The largest absolute Gasteiger partial charge is 0.395 e. The van der Waals surface area contributed by atoms with E-state index in [-0.39, 0.29) is 5.91 Å². The number of hydrogen-bond donors (Lipinski definition) is 2. The van der Waals surface area contributed by atoms with Crippen molar-refractivity contribution in [2.75, 3.05) is 18.8 Å². The summed E-state index contributed by atoms with van der Waals surface area (Å²) in [6.45, 7) is 2.72. The average Bonchev–Trinajstić information content (AvgIpc) is 2.73. The van der Waals surface area contributed by atoms with E-state index in [0.717, 1.165) is 0 Å². The van der Waals surface area contributed by atoms with Gasteiger partial charge in [-0.2, -0.15) is 5.10 Å². The maximum Gasteiger partial charge on any atom is 0.274 e. The second-order valence-electron chi connectivity index (χ2n) is 4.16. The maximum absolute atomic E-state index is 12.1. The lowest BCUT2D eigenvalue weighted by Gasteiger charge is -2.15. The number of hydrogen-bond acceptors (Lipinski definition) is 4. The summed E-state index contributed by atoms with van der Waals surface area (Å²) < 4.78 is 1.50. The number of likely N-dealkylation sites (tertiary alicyclic amines) is 1. The molecule has 2 heterocycles. The molecule has 1 atom stereocenters. The van der Waals surface area contributed by atoms with Crippen LogP contribution in [0.4, 0.5) is 5.69 Å². The van der Waals surface area contributed by atoms with E-state index in [0.29, 0.717) is 36.6 Å². The summed E-state index contributed by atoms with van der Waals surface area (Å²) in [5.74, 6) is -0.155. The predicted octanol–water partition coefficient (Wildman–Crippen LogP) is -0.482.